The van der Waals surface area contributed by atoms with Gasteiger partial charge in [-0.2, -0.15) is 0 Å². The van der Waals surface area contributed by atoms with E-state index in [0.29, 0.717) is 11.3 Å². The van der Waals surface area contributed by atoms with Crippen molar-refractivity contribution in [3.05, 3.63) is 33.4 Å². The van der Waals surface area contributed by atoms with Crippen molar-refractivity contribution in [2.45, 2.75) is 27.2 Å². The first-order valence-corrected chi connectivity index (χ1v) is 7.51. The van der Waals surface area contributed by atoms with Gasteiger partial charge in [0, 0.05) is 16.7 Å². The molecule has 98 valence electrons. The Bertz CT molecular complexity index is 450. The van der Waals surface area contributed by atoms with E-state index in [1.54, 1.807) is 0 Å². The molecule has 0 bridgehead atoms. The second-order valence-corrected chi connectivity index (χ2v) is 7.24. The first kappa shape index (κ1) is 13.8. The average Bonchev–Trinajstić information content (AvgIpc) is 2.77. The van der Waals surface area contributed by atoms with E-state index in [4.69, 9.17) is 0 Å². The molecule has 1 aromatic carbocycles. The average molecular weight is 357 g/mol. The zero-order valence-electron chi connectivity index (χ0n) is 11.2. The van der Waals surface area contributed by atoms with E-state index in [0.717, 1.165) is 28.6 Å². The molecule has 1 unspecified atom stereocenters. The number of halogens is 1. The summed E-state index contributed by atoms with van der Waals surface area (Å²) in [5.41, 5.74) is 1.13. The number of amides is 1. The molecular formula is C15H20INO. The molecule has 1 saturated heterocycles. The van der Waals surface area contributed by atoms with E-state index < -0.39 is 0 Å². The summed E-state index contributed by atoms with van der Waals surface area (Å²) in [6.07, 6.45) is 1.12. The van der Waals surface area contributed by atoms with Gasteiger partial charge in [0.05, 0.1) is 5.56 Å². The molecule has 0 radical (unpaired) electrons. The number of rotatable bonds is 1. The van der Waals surface area contributed by atoms with E-state index in [1.165, 1.54) is 0 Å². The fraction of sp³-hybridized carbons (Fsp3) is 0.533. The van der Waals surface area contributed by atoms with Crippen LogP contribution in [-0.4, -0.2) is 23.9 Å². The van der Waals surface area contributed by atoms with Crippen LogP contribution in [0.4, 0.5) is 0 Å². The predicted octanol–water partition coefficient (Wildman–Crippen LogP) is 3.80. The third kappa shape index (κ3) is 2.87. The summed E-state index contributed by atoms with van der Waals surface area (Å²) in [7, 11) is 0. The van der Waals surface area contributed by atoms with Gasteiger partial charge < -0.3 is 4.90 Å². The predicted molar refractivity (Wildman–Crippen MR) is 82.6 cm³/mol. The van der Waals surface area contributed by atoms with Crippen LogP contribution in [0.15, 0.2) is 24.3 Å². The zero-order chi connectivity index (χ0) is 13.3. The Morgan fingerprint density at radius 3 is 2.56 bits per heavy atom. The standard InChI is InChI=1S/C15H20INO/c1-15(2,3)11-8-9-17(10-11)14(18)12-6-4-5-7-13(12)16/h4-7,11H,8-10H2,1-3H3. The fourth-order valence-corrected chi connectivity index (χ4v) is 3.07. The van der Waals surface area contributed by atoms with Crippen molar-refractivity contribution in [2.75, 3.05) is 13.1 Å². The lowest BCUT2D eigenvalue weighted by Crippen LogP contribution is -2.31. The molecule has 0 spiro atoms. The Balaban J connectivity index is 2.11. The molecular weight excluding hydrogens is 337 g/mol. The van der Waals surface area contributed by atoms with Crippen LogP contribution in [0.5, 0.6) is 0 Å². The molecule has 1 atom stereocenters. The number of likely N-dealkylation sites (tertiary alicyclic amines) is 1. The number of carbonyl (C=O) groups excluding carboxylic acids is 1. The van der Waals surface area contributed by atoms with Gasteiger partial charge in [0.2, 0.25) is 0 Å². The maximum absolute atomic E-state index is 12.5. The Morgan fingerprint density at radius 2 is 2.00 bits per heavy atom. The molecule has 1 amide bonds. The highest BCUT2D eigenvalue weighted by Crippen LogP contribution is 2.34. The first-order chi connectivity index (χ1) is 8.39. The minimum absolute atomic E-state index is 0.187. The highest BCUT2D eigenvalue weighted by atomic mass is 127. The third-order valence-corrected chi connectivity index (χ3v) is 4.75. The topological polar surface area (TPSA) is 20.3 Å². The Kier molecular flexibility index (Phi) is 3.99. The minimum atomic E-state index is 0.187. The number of benzene rings is 1. The minimum Gasteiger partial charge on any atom is -0.338 e. The van der Waals surface area contributed by atoms with E-state index in [-0.39, 0.29) is 5.91 Å². The quantitative estimate of drug-likeness (QED) is 0.700. The highest BCUT2D eigenvalue weighted by Gasteiger charge is 2.34. The van der Waals surface area contributed by atoms with Crippen LogP contribution in [0.1, 0.15) is 37.6 Å². The van der Waals surface area contributed by atoms with E-state index in [2.05, 4.69) is 43.4 Å². The number of hydrogen-bond donors (Lipinski definition) is 0. The first-order valence-electron chi connectivity index (χ1n) is 6.43. The van der Waals surface area contributed by atoms with Gasteiger partial charge in [-0.25, -0.2) is 0 Å². The van der Waals surface area contributed by atoms with E-state index in [9.17, 15) is 4.79 Å². The lowest BCUT2D eigenvalue weighted by atomic mass is 9.80. The Labute approximate surface area is 123 Å². The smallest absolute Gasteiger partial charge is 0.254 e. The molecule has 1 aliphatic heterocycles. The molecule has 1 fully saturated rings. The van der Waals surface area contributed by atoms with Gasteiger partial charge in [0.25, 0.3) is 5.91 Å². The SMILES string of the molecule is CC(C)(C)C1CCN(C(=O)c2ccccc2I)C1. The molecule has 1 aliphatic rings. The van der Waals surface area contributed by atoms with Gasteiger partial charge in [0.1, 0.15) is 0 Å². The lowest BCUT2D eigenvalue weighted by molar-refractivity contribution is 0.0775. The fourth-order valence-electron chi connectivity index (χ4n) is 2.46. The van der Waals surface area contributed by atoms with Crippen molar-refractivity contribution in [1.29, 1.82) is 0 Å². The van der Waals surface area contributed by atoms with Crippen LogP contribution in [-0.2, 0) is 0 Å². The molecule has 0 aliphatic carbocycles. The monoisotopic (exact) mass is 357 g/mol. The van der Waals surface area contributed by atoms with Gasteiger partial charge in [0.15, 0.2) is 0 Å². The molecule has 1 aromatic rings. The molecule has 3 heteroatoms. The number of hydrogen-bond acceptors (Lipinski definition) is 1. The summed E-state index contributed by atoms with van der Waals surface area (Å²) in [6.45, 7) is 8.58. The number of carbonyl (C=O) groups is 1. The van der Waals surface area contributed by atoms with Crippen molar-refractivity contribution < 1.29 is 4.79 Å². The van der Waals surface area contributed by atoms with E-state index >= 15 is 0 Å². The van der Waals surface area contributed by atoms with Crippen molar-refractivity contribution in [1.82, 2.24) is 4.90 Å². The molecule has 0 saturated carbocycles. The zero-order valence-corrected chi connectivity index (χ0v) is 13.4. The summed E-state index contributed by atoms with van der Waals surface area (Å²) in [5, 5.41) is 0. The van der Waals surface area contributed by atoms with Crippen LogP contribution >= 0.6 is 22.6 Å². The van der Waals surface area contributed by atoms with Gasteiger partial charge in [-0.1, -0.05) is 32.9 Å². The summed E-state index contributed by atoms with van der Waals surface area (Å²) in [5.74, 6) is 0.801. The molecule has 2 rings (SSSR count). The van der Waals surface area contributed by atoms with Crippen molar-refractivity contribution in [2.24, 2.45) is 11.3 Å². The summed E-state index contributed by atoms with van der Waals surface area (Å²) >= 11 is 2.24. The van der Waals surface area contributed by atoms with Crippen molar-refractivity contribution in [3.63, 3.8) is 0 Å². The Hall–Kier alpha value is -0.580. The summed E-state index contributed by atoms with van der Waals surface area (Å²) < 4.78 is 1.04. The van der Waals surface area contributed by atoms with Gasteiger partial charge >= 0.3 is 0 Å². The molecule has 0 aromatic heterocycles. The largest absolute Gasteiger partial charge is 0.338 e. The number of nitrogens with zero attached hydrogens (tertiary/aromatic N) is 1. The maximum Gasteiger partial charge on any atom is 0.254 e. The van der Waals surface area contributed by atoms with Gasteiger partial charge in [-0.15, -0.1) is 0 Å². The normalized spacial score (nSPS) is 20.2. The van der Waals surface area contributed by atoms with Crippen LogP contribution in [0.3, 0.4) is 0 Å². The molecule has 1 heterocycles. The molecule has 0 N–H and O–H groups in total. The van der Waals surface area contributed by atoms with Crippen molar-refractivity contribution in [3.8, 4) is 0 Å². The highest BCUT2D eigenvalue weighted by molar-refractivity contribution is 14.1. The summed E-state index contributed by atoms with van der Waals surface area (Å²) in [4.78, 5) is 14.5. The third-order valence-electron chi connectivity index (χ3n) is 3.80. The maximum atomic E-state index is 12.5. The Morgan fingerprint density at radius 1 is 1.33 bits per heavy atom. The van der Waals surface area contributed by atoms with Gasteiger partial charge in [-0.3, -0.25) is 4.79 Å². The van der Waals surface area contributed by atoms with Crippen LogP contribution in [0.2, 0.25) is 0 Å². The molecule has 18 heavy (non-hydrogen) atoms. The van der Waals surface area contributed by atoms with Crippen LogP contribution < -0.4 is 0 Å². The van der Waals surface area contributed by atoms with E-state index in [1.807, 2.05) is 29.2 Å². The van der Waals surface area contributed by atoms with Crippen LogP contribution in [0.25, 0.3) is 0 Å². The van der Waals surface area contributed by atoms with Crippen LogP contribution in [0, 0.1) is 14.9 Å². The van der Waals surface area contributed by atoms with Gasteiger partial charge in [-0.05, 0) is 52.5 Å². The van der Waals surface area contributed by atoms with Crippen molar-refractivity contribution >= 4 is 28.5 Å². The second kappa shape index (κ2) is 5.19. The lowest BCUT2D eigenvalue weighted by Gasteiger charge is -2.27. The summed E-state index contributed by atoms with van der Waals surface area (Å²) in [6, 6.07) is 7.83. The second-order valence-electron chi connectivity index (χ2n) is 6.08. The molecule has 2 nitrogen and oxygen atoms in total.